The van der Waals surface area contributed by atoms with Gasteiger partial charge in [0.1, 0.15) is 5.65 Å². The van der Waals surface area contributed by atoms with Crippen molar-refractivity contribution in [1.82, 2.24) is 19.4 Å². The number of hydrogen-bond acceptors (Lipinski definition) is 4. The minimum absolute atomic E-state index is 0.226. The summed E-state index contributed by atoms with van der Waals surface area (Å²) in [6.45, 7) is 5.37. The van der Waals surface area contributed by atoms with E-state index >= 15 is 0 Å². The number of aromatic amines is 1. The predicted octanol–water partition coefficient (Wildman–Crippen LogP) is 4.61. The van der Waals surface area contributed by atoms with Crippen molar-refractivity contribution in [3.63, 3.8) is 0 Å². The summed E-state index contributed by atoms with van der Waals surface area (Å²) in [6, 6.07) is 17.2. The third-order valence-electron chi connectivity index (χ3n) is 6.84. The summed E-state index contributed by atoms with van der Waals surface area (Å²) in [5.74, 6) is 5.45. The van der Waals surface area contributed by atoms with Crippen molar-refractivity contribution in [1.29, 1.82) is 0 Å². The highest BCUT2D eigenvalue weighted by atomic mass is 16.5. The van der Waals surface area contributed by atoms with Gasteiger partial charge in [-0.05, 0) is 47.3 Å². The number of carboxylic acids is 1. The fourth-order valence-electron chi connectivity index (χ4n) is 4.89. The van der Waals surface area contributed by atoms with Crippen LogP contribution in [0.25, 0.3) is 33.1 Å². The smallest absolute Gasteiger partial charge is 0.336 e. The molecular weight excluding hydrogens is 464 g/mol. The van der Waals surface area contributed by atoms with Crippen LogP contribution in [0.2, 0.25) is 0 Å². The summed E-state index contributed by atoms with van der Waals surface area (Å²) in [5, 5.41) is 12.0. The lowest BCUT2D eigenvalue weighted by molar-refractivity contribution is 0.0365. The Morgan fingerprint density at radius 2 is 1.92 bits per heavy atom. The van der Waals surface area contributed by atoms with Crippen LogP contribution in [-0.4, -0.2) is 63.4 Å². The van der Waals surface area contributed by atoms with E-state index in [1.54, 1.807) is 18.3 Å². The molecule has 1 saturated heterocycles. The summed E-state index contributed by atoms with van der Waals surface area (Å²) in [6.07, 6.45) is 5.73. The molecule has 0 atom stereocenters. The van der Waals surface area contributed by atoms with Crippen LogP contribution in [0.3, 0.4) is 0 Å². The number of H-pyrrole nitrogens is 1. The van der Waals surface area contributed by atoms with Gasteiger partial charge >= 0.3 is 5.97 Å². The fourth-order valence-corrected chi connectivity index (χ4v) is 4.89. The maximum Gasteiger partial charge on any atom is 0.336 e. The number of fused-ring (bicyclic) bond motifs is 2. The summed E-state index contributed by atoms with van der Waals surface area (Å²) >= 11 is 0. The van der Waals surface area contributed by atoms with Crippen molar-refractivity contribution in [2.45, 2.75) is 6.54 Å². The molecule has 7 nitrogen and oxygen atoms in total. The maximum absolute atomic E-state index is 12.1. The Morgan fingerprint density at radius 1 is 1.03 bits per heavy atom. The van der Waals surface area contributed by atoms with E-state index in [0.717, 1.165) is 72.5 Å². The van der Waals surface area contributed by atoms with Crippen molar-refractivity contribution < 1.29 is 14.6 Å². The van der Waals surface area contributed by atoms with E-state index in [0.29, 0.717) is 11.1 Å². The zero-order valence-corrected chi connectivity index (χ0v) is 20.3. The van der Waals surface area contributed by atoms with E-state index in [1.165, 1.54) is 0 Å². The number of aromatic carboxylic acids is 1. The molecule has 0 spiro atoms. The second-order valence-corrected chi connectivity index (χ2v) is 9.16. The molecule has 4 heterocycles. The van der Waals surface area contributed by atoms with Crippen LogP contribution < -0.4 is 0 Å². The SMILES string of the molecule is O=C(O)c1cccc(C#Cc2cnc3c(ccn3CCN3CCOCC3)c2)c1-c1ccc2cc[nH]c2c1. The largest absolute Gasteiger partial charge is 0.478 e. The topological polar surface area (TPSA) is 83.4 Å². The van der Waals surface area contributed by atoms with Crippen LogP contribution >= 0.6 is 0 Å². The van der Waals surface area contributed by atoms with Gasteiger partial charge in [-0.3, -0.25) is 4.90 Å². The monoisotopic (exact) mass is 490 g/mol. The minimum Gasteiger partial charge on any atom is -0.478 e. The van der Waals surface area contributed by atoms with Gasteiger partial charge < -0.3 is 19.4 Å². The normalized spacial score (nSPS) is 14.1. The van der Waals surface area contributed by atoms with E-state index in [1.807, 2.05) is 42.6 Å². The molecule has 1 aliphatic heterocycles. The minimum atomic E-state index is -0.980. The van der Waals surface area contributed by atoms with E-state index in [4.69, 9.17) is 9.72 Å². The van der Waals surface area contributed by atoms with E-state index in [9.17, 15) is 9.90 Å². The molecule has 37 heavy (non-hydrogen) atoms. The molecule has 0 bridgehead atoms. The molecule has 0 saturated carbocycles. The number of ether oxygens (including phenoxy) is 1. The third kappa shape index (κ3) is 4.73. The molecule has 184 valence electrons. The molecule has 0 amide bonds. The van der Waals surface area contributed by atoms with Gasteiger partial charge in [0.25, 0.3) is 0 Å². The highest BCUT2D eigenvalue weighted by Crippen LogP contribution is 2.30. The molecule has 0 aliphatic carbocycles. The average Bonchev–Trinajstić information content (AvgIpc) is 3.57. The van der Waals surface area contributed by atoms with Crippen LogP contribution in [0.5, 0.6) is 0 Å². The lowest BCUT2D eigenvalue weighted by atomic mass is 9.93. The molecule has 0 unspecified atom stereocenters. The van der Waals surface area contributed by atoms with E-state index < -0.39 is 5.97 Å². The molecule has 3 aromatic heterocycles. The van der Waals surface area contributed by atoms with Gasteiger partial charge in [0.15, 0.2) is 0 Å². The first kappa shape index (κ1) is 23.0. The average molecular weight is 491 g/mol. The standard InChI is InChI=1S/C30H26N4O3/c35-30(36)26-3-1-2-23(28(26)24-7-6-22-8-10-31-27(22)19-24)5-4-21-18-25-9-11-34(29(25)32-20-21)13-12-33-14-16-37-17-15-33/h1-3,6-11,18-20,31H,12-17H2,(H,35,36). The number of morpholine rings is 1. The number of benzene rings is 2. The summed E-state index contributed by atoms with van der Waals surface area (Å²) in [4.78, 5) is 22.4. The van der Waals surface area contributed by atoms with Gasteiger partial charge in [0, 0.05) is 72.4 Å². The van der Waals surface area contributed by atoms with Gasteiger partial charge in [-0.25, -0.2) is 9.78 Å². The van der Waals surface area contributed by atoms with Crippen LogP contribution in [0, 0.1) is 11.8 Å². The number of nitrogens with one attached hydrogen (secondary N) is 1. The molecule has 6 rings (SSSR count). The third-order valence-corrected chi connectivity index (χ3v) is 6.84. The number of carbonyl (C=O) groups is 1. The van der Waals surface area contributed by atoms with Crippen LogP contribution in [0.15, 0.2) is 73.2 Å². The predicted molar refractivity (Wildman–Crippen MR) is 144 cm³/mol. The maximum atomic E-state index is 12.1. The Kier molecular flexibility index (Phi) is 6.19. The Labute approximate surface area is 214 Å². The zero-order valence-electron chi connectivity index (χ0n) is 20.3. The first-order valence-electron chi connectivity index (χ1n) is 12.4. The Morgan fingerprint density at radius 3 is 2.78 bits per heavy atom. The second kappa shape index (κ2) is 9.94. The van der Waals surface area contributed by atoms with Crippen molar-refractivity contribution in [3.05, 3.63) is 89.9 Å². The Hall–Kier alpha value is -4.38. The number of pyridine rings is 1. The van der Waals surface area contributed by atoms with Gasteiger partial charge in [0.05, 0.1) is 18.8 Å². The van der Waals surface area contributed by atoms with Crippen LogP contribution in [-0.2, 0) is 11.3 Å². The molecule has 0 radical (unpaired) electrons. The van der Waals surface area contributed by atoms with Crippen molar-refractivity contribution >= 4 is 27.9 Å². The van der Waals surface area contributed by atoms with Gasteiger partial charge in [0.2, 0.25) is 0 Å². The van der Waals surface area contributed by atoms with Crippen molar-refractivity contribution in [2.75, 3.05) is 32.8 Å². The summed E-state index contributed by atoms with van der Waals surface area (Å²) in [7, 11) is 0. The molecule has 7 heteroatoms. The van der Waals surface area contributed by atoms with Gasteiger partial charge in [-0.2, -0.15) is 0 Å². The quantitative estimate of drug-likeness (QED) is 0.352. The lowest BCUT2D eigenvalue weighted by Crippen LogP contribution is -2.38. The van der Waals surface area contributed by atoms with E-state index in [-0.39, 0.29) is 5.56 Å². The number of nitrogens with zero attached hydrogens (tertiary/aromatic N) is 3. The first-order chi connectivity index (χ1) is 18.2. The zero-order chi connectivity index (χ0) is 25.2. The molecule has 1 fully saturated rings. The van der Waals surface area contributed by atoms with Crippen molar-refractivity contribution in [2.24, 2.45) is 0 Å². The lowest BCUT2D eigenvalue weighted by Gasteiger charge is -2.26. The molecular formula is C30H26N4O3. The number of carboxylic acid groups (broad SMARTS) is 1. The van der Waals surface area contributed by atoms with Crippen LogP contribution in [0.4, 0.5) is 0 Å². The molecule has 2 aromatic carbocycles. The molecule has 5 aromatic rings. The number of hydrogen-bond donors (Lipinski definition) is 2. The summed E-state index contributed by atoms with van der Waals surface area (Å²) in [5.41, 5.74) is 4.98. The Bertz CT molecular complexity index is 1660. The van der Waals surface area contributed by atoms with Gasteiger partial charge in [-0.15, -0.1) is 0 Å². The number of aromatic nitrogens is 3. The fraction of sp³-hybridized carbons (Fsp3) is 0.200. The van der Waals surface area contributed by atoms with Crippen molar-refractivity contribution in [3.8, 4) is 23.0 Å². The van der Waals surface area contributed by atoms with Gasteiger partial charge in [-0.1, -0.05) is 30.0 Å². The highest BCUT2D eigenvalue weighted by Gasteiger charge is 2.16. The molecule has 2 N–H and O–H groups in total. The second-order valence-electron chi connectivity index (χ2n) is 9.16. The highest BCUT2D eigenvalue weighted by molar-refractivity contribution is 5.99. The van der Waals surface area contributed by atoms with E-state index in [2.05, 4.69) is 38.6 Å². The molecule has 1 aliphatic rings. The first-order valence-corrected chi connectivity index (χ1v) is 12.4. The number of rotatable bonds is 5. The Balaban J connectivity index is 1.31. The van der Waals surface area contributed by atoms with Crippen LogP contribution in [0.1, 0.15) is 21.5 Å². The summed E-state index contributed by atoms with van der Waals surface area (Å²) < 4.78 is 7.61.